The second-order valence-electron chi connectivity index (χ2n) is 17.2. The highest BCUT2D eigenvalue weighted by Crippen LogP contribution is 2.51. The third-order valence-electron chi connectivity index (χ3n) is 12.7. The zero-order valence-corrected chi connectivity index (χ0v) is 38.2. The molecule has 0 aromatic heterocycles. The van der Waals surface area contributed by atoms with Gasteiger partial charge in [-0.25, -0.2) is 0 Å². The van der Waals surface area contributed by atoms with Gasteiger partial charge in [-0.2, -0.15) is 0 Å². The lowest BCUT2D eigenvalue weighted by Crippen LogP contribution is -2.15. The van der Waals surface area contributed by atoms with E-state index in [1.54, 1.807) is 0 Å². The summed E-state index contributed by atoms with van der Waals surface area (Å²) in [7, 11) is 0. The Morgan fingerprint density at radius 2 is 0.353 bits per heavy atom. The van der Waals surface area contributed by atoms with Crippen LogP contribution in [0.5, 0.6) is 0 Å². The molecule has 68 heavy (non-hydrogen) atoms. The summed E-state index contributed by atoms with van der Waals surface area (Å²) in [6.07, 6.45) is 0. The second-order valence-corrected chi connectivity index (χ2v) is 17.2. The smallest absolute Gasteiger partial charge is 0.0619 e. The number of para-hydroxylation sites is 4. The maximum atomic E-state index is 2.44. The quantitative estimate of drug-likeness (QED) is 0.0895. The van der Waals surface area contributed by atoms with Crippen LogP contribution in [0.25, 0.3) is 21.5 Å². The van der Waals surface area contributed by atoms with Gasteiger partial charge in [-0.1, -0.05) is 157 Å². The summed E-state index contributed by atoms with van der Waals surface area (Å²) in [4.78, 5) is 9.51. The van der Waals surface area contributed by atoms with Crippen LogP contribution in [0.15, 0.2) is 267 Å². The molecule has 0 unspecified atom stereocenters. The number of hydrogen-bond acceptors (Lipinski definition) is 4. The van der Waals surface area contributed by atoms with Gasteiger partial charge in [0.2, 0.25) is 0 Å². The number of anilines is 12. The van der Waals surface area contributed by atoms with E-state index in [1.165, 1.54) is 11.1 Å². The topological polar surface area (TPSA) is 13.0 Å². The van der Waals surface area contributed by atoms with Crippen LogP contribution in [0.1, 0.15) is 11.1 Å². The molecule has 326 valence electrons. The molecule has 11 rings (SSSR count). The average Bonchev–Trinajstić information content (AvgIpc) is 3.40. The Kier molecular flexibility index (Phi) is 11.4. The molecular weight excluding hydrogens is 825 g/mol. The summed E-state index contributed by atoms with van der Waals surface area (Å²) < 4.78 is 0. The maximum absolute atomic E-state index is 2.44. The molecule has 0 aliphatic rings. The molecule has 11 aromatic carbocycles. The minimum Gasteiger partial charge on any atom is -0.311 e. The van der Waals surface area contributed by atoms with E-state index < -0.39 is 0 Å². The van der Waals surface area contributed by atoms with Crippen LogP contribution < -0.4 is 19.6 Å². The first-order valence-electron chi connectivity index (χ1n) is 23.3. The van der Waals surface area contributed by atoms with Gasteiger partial charge < -0.3 is 19.6 Å². The lowest BCUT2D eigenvalue weighted by molar-refractivity contribution is 1.26. The Hall–Kier alpha value is -8.86. The van der Waals surface area contributed by atoms with E-state index in [0.29, 0.717) is 0 Å². The van der Waals surface area contributed by atoms with E-state index in [2.05, 4.69) is 300 Å². The molecule has 0 fully saturated rings. The molecule has 0 bridgehead atoms. The molecule has 0 spiro atoms. The molecule has 0 N–H and O–H groups in total. The van der Waals surface area contributed by atoms with Crippen molar-refractivity contribution in [2.45, 2.75) is 13.8 Å². The minimum atomic E-state index is 1.06. The summed E-state index contributed by atoms with van der Waals surface area (Å²) in [6.45, 7) is 4.30. The van der Waals surface area contributed by atoms with Crippen molar-refractivity contribution in [2.24, 2.45) is 0 Å². The number of rotatable bonds is 12. The molecule has 4 nitrogen and oxygen atoms in total. The van der Waals surface area contributed by atoms with E-state index in [4.69, 9.17) is 0 Å². The molecule has 0 aliphatic heterocycles. The summed E-state index contributed by atoms with van der Waals surface area (Å²) in [5.41, 5.74) is 15.5. The first-order chi connectivity index (χ1) is 33.6. The van der Waals surface area contributed by atoms with Crippen molar-refractivity contribution >= 4 is 89.8 Å². The van der Waals surface area contributed by atoms with Crippen molar-refractivity contribution < 1.29 is 0 Å². The average molecular weight is 875 g/mol. The van der Waals surface area contributed by atoms with Crippen molar-refractivity contribution in [1.29, 1.82) is 0 Å². The van der Waals surface area contributed by atoms with Gasteiger partial charge in [0.05, 0.1) is 11.4 Å². The predicted molar refractivity (Wildman–Crippen MR) is 290 cm³/mol. The van der Waals surface area contributed by atoms with Crippen molar-refractivity contribution in [1.82, 2.24) is 0 Å². The van der Waals surface area contributed by atoms with Gasteiger partial charge in [0.15, 0.2) is 0 Å². The summed E-state index contributed by atoms with van der Waals surface area (Å²) in [5, 5.41) is 4.59. The van der Waals surface area contributed by atoms with Crippen LogP contribution >= 0.6 is 0 Å². The Morgan fingerprint density at radius 1 is 0.176 bits per heavy atom. The van der Waals surface area contributed by atoms with Crippen molar-refractivity contribution in [3.8, 4) is 0 Å². The molecule has 0 radical (unpaired) electrons. The number of benzene rings is 11. The number of nitrogens with zero attached hydrogens (tertiary/aromatic N) is 4. The van der Waals surface area contributed by atoms with Gasteiger partial charge >= 0.3 is 0 Å². The highest BCUT2D eigenvalue weighted by Gasteiger charge is 2.26. The van der Waals surface area contributed by atoms with Gasteiger partial charge in [0.25, 0.3) is 0 Å². The first kappa shape index (κ1) is 41.8. The third kappa shape index (κ3) is 8.10. The Labute approximate surface area is 399 Å². The molecule has 0 atom stereocenters. The Bertz CT molecular complexity index is 3060. The largest absolute Gasteiger partial charge is 0.311 e. The van der Waals surface area contributed by atoms with E-state index in [0.717, 1.165) is 89.8 Å². The lowest BCUT2D eigenvalue weighted by Gasteiger charge is -2.33. The Morgan fingerprint density at radius 3 is 0.588 bits per heavy atom. The van der Waals surface area contributed by atoms with E-state index >= 15 is 0 Å². The normalized spacial score (nSPS) is 11.1. The second kappa shape index (κ2) is 18.6. The highest BCUT2D eigenvalue weighted by atomic mass is 15.2. The van der Waals surface area contributed by atoms with Crippen LogP contribution in [0, 0.1) is 13.8 Å². The zero-order chi connectivity index (χ0) is 45.8. The predicted octanol–water partition coefficient (Wildman–Crippen LogP) is 18.5. The SMILES string of the molecule is Cc1ccc(N(c2ccc(N(c3ccccc3)c3ccccc3)cc2)c2c3ccccc3c(N(c3ccc(C)cc3)c3ccc(N(c4ccccc4)c4ccccc4)cc3)c3ccccc23)cc1. The number of fused-ring (bicyclic) bond motifs is 2. The minimum absolute atomic E-state index is 1.06. The zero-order valence-electron chi connectivity index (χ0n) is 38.2. The van der Waals surface area contributed by atoms with Gasteiger partial charge in [-0.05, 0) is 135 Å². The standard InChI is InChI=1S/C64H50N4/c1-47-31-35-55(36-32-47)67(57-43-39-53(40-44-57)65(49-19-7-3-8-20-49)50-21-9-4-10-22-50)63-59-27-15-17-29-61(59)64(62-30-18-16-28-60(62)63)68(56-37-33-48(2)34-38-56)58-45-41-54(42-46-58)66(51-23-11-5-12-24-51)52-25-13-6-14-26-52/h3-46H,1-2H3. The van der Waals surface area contributed by atoms with E-state index in [-0.39, 0.29) is 0 Å². The number of hydrogen-bond donors (Lipinski definition) is 0. The fourth-order valence-electron chi connectivity index (χ4n) is 9.47. The maximum Gasteiger partial charge on any atom is 0.0619 e. The van der Waals surface area contributed by atoms with Gasteiger partial charge in [0.1, 0.15) is 0 Å². The van der Waals surface area contributed by atoms with Crippen LogP contribution in [0.4, 0.5) is 68.2 Å². The molecule has 4 heteroatoms. The van der Waals surface area contributed by atoms with Crippen molar-refractivity contribution in [3.63, 3.8) is 0 Å². The van der Waals surface area contributed by atoms with Crippen LogP contribution in [0.3, 0.4) is 0 Å². The Balaban J connectivity index is 1.10. The molecular formula is C64H50N4. The lowest BCUT2D eigenvalue weighted by atomic mass is 9.95. The fraction of sp³-hybridized carbons (Fsp3) is 0.0312. The van der Waals surface area contributed by atoms with Gasteiger partial charge in [-0.15, -0.1) is 0 Å². The highest BCUT2D eigenvalue weighted by molar-refractivity contribution is 6.23. The number of aryl methyl sites for hydroxylation is 2. The van der Waals surface area contributed by atoms with Crippen LogP contribution in [0.2, 0.25) is 0 Å². The van der Waals surface area contributed by atoms with E-state index in [1.807, 2.05) is 0 Å². The molecule has 11 aromatic rings. The summed E-state index contributed by atoms with van der Waals surface area (Å²) in [6, 6.07) is 96.0. The van der Waals surface area contributed by atoms with Gasteiger partial charge in [-0.3, -0.25) is 0 Å². The first-order valence-corrected chi connectivity index (χ1v) is 23.3. The summed E-state index contributed by atoms with van der Waals surface area (Å²) in [5.74, 6) is 0. The molecule has 0 heterocycles. The van der Waals surface area contributed by atoms with Crippen molar-refractivity contribution in [2.75, 3.05) is 19.6 Å². The monoisotopic (exact) mass is 874 g/mol. The third-order valence-corrected chi connectivity index (χ3v) is 12.7. The van der Waals surface area contributed by atoms with Crippen LogP contribution in [-0.2, 0) is 0 Å². The summed E-state index contributed by atoms with van der Waals surface area (Å²) >= 11 is 0. The van der Waals surface area contributed by atoms with Gasteiger partial charge in [0, 0.05) is 78.4 Å². The molecule has 0 saturated heterocycles. The molecule has 0 aliphatic carbocycles. The van der Waals surface area contributed by atoms with E-state index in [9.17, 15) is 0 Å². The molecule has 0 saturated carbocycles. The van der Waals surface area contributed by atoms with Crippen molar-refractivity contribution in [3.05, 3.63) is 278 Å². The molecule has 0 amide bonds. The fourth-order valence-corrected chi connectivity index (χ4v) is 9.47. The van der Waals surface area contributed by atoms with Crippen LogP contribution in [-0.4, -0.2) is 0 Å².